The van der Waals surface area contributed by atoms with E-state index < -0.39 is 9.84 Å². The number of nitrogens with zero attached hydrogens (tertiary/aromatic N) is 4. The largest absolute Gasteiger partial charge is 0.493 e. The summed E-state index contributed by atoms with van der Waals surface area (Å²) in [7, 11) is -3.25. The van der Waals surface area contributed by atoms with Crippen LogP contribution >= 0.6 is 0 Å². The number of sulfone groups is 1. The molecule has 1 fully saturated rings. The first-order valence-electron chi connectivity index (χ1n) is 16.0. The molecule has 0 unspecified atom stereocenters. The zero-order valence-electron chi connectivity index (χ0n) is 26.9. The summed E-state index contributed by atoms with van der Waals surface area (Å²) in [5, 5.41) is 0. The van der Waals surface area contributed by atoms with E-state index in [9.17, 15) is 17.6 Å². The van der Waals surface area contributed by atoms with E-state index in [1.54, 1.807) is 23.5 Å². The highest BCUT2D eigenvalue weighted by Crippen LogP contribution is 2.34. The third-order valence-corrected chi connectivity index (χ3v) is 9.44. The smallest absolute Gasteiger partial charge is 0.241 e. The van der Waals surface area contributed by atoms with Crippen molar-refractivity contribution in [3.05, 3.63) is 138 Å². The number of para-hydroxylation sites is 2. The molecule has 0 spiro atoms. The number of allylic oxidation sites excluding steroid dienone is 3. The van der Waals surface area contributed by atoms with Gasteiger partial charge in [0.2, 0.25) is 5.91 Å². The van der Waals surface area contributed by atoms with E-state index >= 15 is 0 Å². The van der Waals surface area contributed by atoms with Crippen LogP contribution in [0.3, 0.4) is 0 Å². The Balaban J connectivity index is 1.18. The van der Waals surface area contributed by atoms with Crippen LogP contribution in [0.2, 0.25) is 0 Å². The number of hydrogen-bond acceptors (Lipinski definition) is 7. The summed E-state index contributed by atoms with van der Waals surface area (Å²) in [4.78, 5) is 21.8. The summed E-state index contributed by atoms with van der Waals surface area (Å²) in [6, 6.07) is 23.5. The number of carbonyl (C=O) groups excluding carboxylic acids is 1. The minimum atomic E-state index is -3.25. The number of imidazole rings is 1. The average molecular weight is 671 g/mol. The number of anilines is 1. The van der Waals surface area contributed by atoms with E-state index in [0.717, 1.165) is 35.4 Å². The normalized spacial score (nSPS) is 17.2. The number of rotatable bonds is 13. The molecule has 4 aromatic rings. The molecule has 1 aromatic heterocycles. The number of ether oxygens (including phenoxy) is 2. The molecule has 0 saturated carbocycles. The molecule has 0 N–H and O–H groups in total. The van der Waals surface area contributed by atoms with Crippen molar-refractivity contribution in [3.8, 4) is 5.75 Å². The molecule has 0 radical (unpaired) electrons. The Hall–Kier alpha value is -4.74. The molecule has 9 nitrogen and oxygen atoms in total. The van der Waals surface area contributed by atoms with E-state index in [1.165, 1.54) is 18.4 Å². The van der Waals surface area contributed by atoms with Gasteiger partial charge in [-0.2, -0.15) is 0 Å². The predicted octanol–water partition coefficient (Wildman–Crippen LogP) is 5.88. The summed E-state index contributed by atoms with van der Waals surface area (Å²) in [6.07, 6.45) is 10.4. The lowest BCUT2D eigenvalue weighted by molar-refractivity contribution is -0.122. The summed E-state index contributed by atoms with van der Waals surface area (Å²) >= 11 is 0. The highest BCUT2D eigenvalue weighted by molar-refractivity contribution is 7.90. The maximum Gasteiger partial charge on any atom is 0.241 e. The molecule has 1 amide bonds. The summed E-state index contributed by atoms with van der Waals surface area (Å²) in [5.41, 5.74) is 3.34. The van der Waals surface area contributed by atoms with E-state index in [1.807, 2.05) is 82.3 Å². The van der Waals surface area contributed by atoms with Gasteiger partial charge in [0.15, 0.2) is 5.75 Å². The second kappa shape index (κ2) is 15.0. The van der Waals surface area contributed by atoms with Crippen LogP contribution in [0.25, 0.3) is 0 Å². The number of hydrogen-bond donors (Lipinski definition) is 0. The second-order valence-corrected chi connectivity index (χ2v) is 14.5. The number of amides is 1. The molecule has 1 atom stereocenters. The fraction of sp³-hybridized carbons (Fsp3) is 0.297. The molecule has 11 heteroatoms. The van der Waals surface area contributed by atoms with Crippen molar-refractivity contribution in [2.75, 3.05) is 30.0 Å². The van der Waals surface area contributed by atoms with Gasteiger partial charge in [-0.25, -0.2) is 17.8 Å². The maximum absolute atomic E-state index is 13.8. The van der Waals surface area contributed by atoms with Crippen LogP contribution in [0.5, 0.6) is 5.75 Å². The molecular formula is C37H39FN4O5S. The molecule has 250 valence electrons. The summed E-state index contributed by atoms with van der Waals surface area (Å²) in [5.74, 6) is 1.55. The lowest BCUT2D eigenvalue weighted by Crippen LogP contribution is -2.56. The van der Waals surface area contributed by atoms with Gasteiger partial charge < -0.3 is 18.9 Å². The summed E-state index contributed by atoms with van der Waals surface area (Å²) in [6.45, 7) is 1.63. The van der Waals surface area contributed by atoms with Crippen molar-refractivity contribution >= 4 is 21.4 Å². The Morgan fingerprint density at radius 1 is 0.979 bits per heavy atom. The Morgan fingerprint density at radius 3 is 2.58 bits per heavy atom. The quantitative estimate of drug-likeness (QED) is 0.175. The molecular weight excluding hydrogens is 631 g/mol. The van der Waals surface area contributed by atoms with Crippen LogP contribution in [-0.4, -0.2) is 59.9 Å². The molecule has 2 aliphatic rings. The van der Waals surface area contributed by atoms with Gasteiger partial charge in [-0.05, 0) is 54.3 Å². The van der Waals surface area contributed by atoms with Gasteiger partial charge in [0.25, 0.3) is 0 Å². The van der Waals surface area contributed by atoms with Crippen molar-refractivity contribution < 1.29 is 27.1 Å². The minimum absolute atomic E-state index is 0.0136. The number of piperazine rings is 1. The Labute approximate surface area is 280 Å². The number of benzene rings is 3. The molecule has 1 aliphatic carbocycles. The minimum Gasteiger partial charge on any atom is -0.493 e. The highest BCUT2D eigenvalue weighted by atomic mass is 32.2. The van der Waals surface area contributed by atoms with Crippen molar-refractivity contribution in [3.63, 3.8) is 0 Å². The summed E-state index contributed by atoms with van der Waals surface area (Å²) < 4.78 is 52.7. The molecule has 3 aromatic carbocycles. The number of aromatic nitrogens is 2. The van der Waals surface area contributed by atoms with Crippen LogP contribution in [0.4, 0.5) is 10.1 Å². The van der Waals surface area contributed by atoms with Crippen molar-refractivity contribution in [2.24, 2.45) is 0 Å². The van der Waals surface area contributed by atoms with Crippen LogP contribution < -0.4 is 9.64 Å². The van der Waals surface area contributed by atoms with Gasteiger partial charge in [-0.3, -0.25) is 9.69 Å². The first-order valence-corrected chi connectivity index (χ1v) is 18.1. The zero-order valence-corrected chi connectivity index (χ0v) is 27.7. The Morgan fingerprint density at radius 2 is 1.77 bits per heavy atom. The SMILES string of the molecule is CS(=O)(=O)CC[C@H]1CN(c2ccccc2OC2=CCCC(OCc3ccccc3)=C2)C(=O)CN1Cc1cncn1Cc1cccc(F)c1. The second-order valence-electron chi connectivity index (χ2n) is 12.2. The van der Waals surface area contributed by atoms with Crippen LogP contribution in [0, 0.1) is 5.82 Å². The third kappa shape index (κ3) is 8.78. The maximum atomic E-state index is 13.8. The Kier molecular flexibility index (Phi) is 10.4. The predicted molar refractivity (Wildman–Crippen MR) is 182 cm³/mol. The van der Waals surface area contributed by atoms with E-state index in [2.05, 4.69) is 4.98 Å². The standard InChI is InChI=1S/C37H39FN4O5S/c1-48(44,45)18-17-31-24-42(37(43)25-40(31)23-32-21-39-27-41(32)22-29-11-7-12-30(38)19-29)35-15-5-6-16-36(35)47-34-14-8-13-33(20-34)46-26-28-9-3-2-4-10-28/h2-7,9-12,14-16,19-21,27,31H,8,13,17-18,22-26H2,1H3/t31-/m0/s1. The van der Waals surface area contributed by atoms with Gasteiger partial charge in [0, 0.05) is 50.6 Å². The van der Waals surface area contributed by atoms with Crippen molar-refractivity contribution in [1.82, 2.24) is 14.5 Å². The molecule has 1 aliphatic heterocycles. The molecule has 1 saturated heterocycles. The van der Waals surface area contributed by atoms with Gasteiger partial charge in [-0.15, -0.1) is 0 Å². The van der Waals surface area contributed by atoms with E-state index in [4.69, 9.17) is 9.47 Å². The number of halogens is 1. The first kappa shape index (κ1) is 33.2. The lowest BCUT2D eigenvalue weighted by atomic mass is 10.1. The van der Waals surface area contributed by atoms with Crippen LogP contribution in [0.1, 0.15) is 36.1 Å². The van der Waals surface area contributed by atoms with Crippen molar-refractivity contribution in [1.29, 1.82) is 0 Å². The highest BCUT2D eigenvalue weighted by Gasteiger charge is 2.35. The van der Waals surface area contributed by atoms with Crippen LogP contribution in [-0.2, 0) is 39.1 Å². The molecule has 48 heavy (non-hydrogen) atoms. The van der Waals surface area contributed by atoms with Gasteiger partial charge in [0.1, 0.15) is 33.8 Å². The monoisotopic (exact) mass is 670 g/mol. The van der Waals surface area contributed by atoms with E-state index in [-0.39, 0.29) is 36.6 Å². The lowest BCUT2D eigenvalue weighted by Gasteiger charge is -2.41. The third-order valence-electron chi connectivity index (χ3n) is 8.47. The Bertz CT molecular complexity index is 1910. The topological polar surface area (TPSA) is 94.0 Å². The molecule has 2 heterocycles. The van der Waals surface area contributed by atoms with Gasteiger partial charge in [0.05, 0.1) is 30.0 Å². The first-order chi connectivity index (χ1) is 23.2. The van der Waals surface area contributed by atoms with Crippen LogP contribution in [0.15, 0.2) is 115 Å². The van der Waals surface area contributed by atoms with E-state index in [0.29, 0.717) is 43.3 Å². The molecule has 0 bridgehead atoms. The molecule has 6 rings (SSSR count). The van der Waals surface area contributed by atoms with Crippen molar-refractivity contribution in [2.45, 2.75) is 45.0 Å². The fourth-order valence-electron chi connectivity index (χ4n) is 6.00. The number of carbonyl (C=O) groups is 1. The fourth-order valence-corrected chi connectivity index (χ4v) is 6.70. The van der Waals surface area contributed by atoms with Gasteiger partial charge >= 0.3 is 0 Å². The van der Waals surface area contributed by atoms with Gasteiger partial charge in [-0.1, -0.05) is 54.6 Å². The zero-order chi connectivity index (χ0) is 33.5. The average Bonchev–Trinajstić information content (AvgIpc) is 3.50.